The summed E-state index contributed by atoms with van der Waals surface area (Å²) in [5.74, 6) is -1.12. The van der Waals surface area contributed by atoms with Crippen molar-refractivity contribution in [2.24, 2.45) is 0 Å². The first kappa shape index (κ1) is 26.8. The third kappa shape index (κ3) is 5.22. The number of benzene rings is 2. The Morgan fingerprint density at radius 3 is 2.11 bits per heavy atom. The van der Waals surface area contributed by atoms with Crippen molar-refractivity contribution in [1.82, 2.24) is 4.90 Å². The fraction of sp³-hybridized carbons (Fsp3) is 0.345. The highest BCUT2D eigenvalue weighted by atomic mass is 35.5. The Hall–Kier alpha value is -2.80. The number of carboxylic acid groups (broad SMARTS) is 1. The monoisotopic (exact) mass is 573 g/mol. The number of aliphatic carboxylic acids is 1. The predicted octanol–water partition coefficient (Wildman–Crippen LogP) is 7.11. The number of ether oxygens (including phenoxy) is 1. The van der Waals surface area contributed by atoms with Crippen molar-refractivity contribution >= 4 is 52.3 Å². The summed E-state index contributed by atoms with van der Waals surface area (Å²) in [6.45, 7) is 0.371. The van der Waals surface area contributed by atoms with Gasteiger partial charge < -0.3 is 14.7 Å². The van der Waals surface area contributed by atoms with Gasteiger partial charge in [-0.3, -0.25) is 14.4 Å². The van der Waals surface area contributed by atoms with Crippen molar-refractivity contribution in [3.05, 3.63) is 85.1 Å². The van der Waals surface area contributed by atoms with Crippen LogP contribution in [0.5, 0.6) is 5.75 Å². The third-order valence-electron chi connectivity index (χ3n) is 7.32. The Labute approximate surface area is 235 Å². The van der Waals surface area contributed by atoms with E-state index in [-0.39, 0.29) is 31.1 Å². The Bertz CT molecular complexity index is 1350. The molecule has 5 rings (SSSR count). The second kappa shape index (κ2) is 11.1. The van der Waals surface area contributed by atoms with E-state index in [1.165, 1.54) is 0 Å². The molecule has 9 heteroatoms. The molecule has 198 valence electrons. The second-order valence-corrected chi connectivity index (χ2v) is 11.0. The molecular weight excluding hydrogens is 549 g/mol. The van der Waals surface area contributed by atoms with E-state index in [1.807, 2.05) is 4.90 Å². The van der Waals surface area contributed by atoms with E-state index in [4.69, 9.17) is 39.5 Å². The molecule has 0 aromatic heterocycles. The van der Waals surface area contributed by atoms with Crippen molar-refractivity contribution in [3.8, 4) is 5.75 Å². The van der Waals surface area contributed by atoms with Gasteiger partial charge in [0.2, 0.25) is 0 Å². The lowest BCUT2D eigenvalue weighted by Gasteiger charge is -2.44. The first-order valence-electron chi connectivity index (χ1n) is 12.6. The zero-order valence-electron chi connectivity index (χ0n) is 20.6. The van der Waals surface area contributed by atoms with Gasteiger partial charge in [-0.2, -0.15) is 0 Å². The molecule has 2 aromatic carbocycles. The molecule has 2 aliphatic carbocycles. The highest BCUT2D eigenvalue weighted by Gasteiger charge is 2.44. The van der Waals surface area contributed by atoms with Crippen LogP contribution in [0, 0.1) is 0 Å². The fourth-order valence-electron chi connectivity index (χ4n) is 5.68. The van der Waals surface area contributed by atoms with Crippen LogP contribution in [0.1, 0.15) is 62.0 Å². The van der Waals surface area contributed by atoms with Crippen molar-refractivity contribution in [1.29, 1.82) is 0 Å². The van der Waals surface area contributed by atoms with Gasteiger partial charge in [0.05, 0.1) is 6.42 Å². The molecule has 1 aliphatic heterocycles. The van der Waals surface area contributed by atoms with Gasteiger partial charge in [-0.05, 0) is 56.0 Å². The van der Waals surface area contributed by atoms with E-state index in [2.05, 4.69) is 0 Å². The first-order valence-corrected chi connectivity index (χ1v) is 13.8. The van der Waals surface area contributed by atoms with E-state index in [0.717, 1.165) is 17.0 Å². The number of carboxylic acids is 1. The lowest BCUT2D eigenvalue weighted by atomic mass is 9.70. The van der Waals surface area contributed by atoms with Crippen molar-refractivity contribution in [2.45, 2.75) is 57.5 Å². The Morgan fingerprint density at radius 2 is 1.50 bits per heavy atom. The number of allylic oxidation sites excluding steroid dienone is 4. The quantitative estimate of drug-likeness (QED) is 0.379. The number of carbonyl (C=O) groups excluding carboxylic acids is 2. The lowest BCUT2D eigenvalue weighted by Crippen LogP contribution is -2.40. The first-order chi connectivity index (χ1) is 18.2. The molecule has 0 atom stereocenters. The molecule has 0 amide bonds. The van der Waals surface area contributed by atoms with E-state index in [9.17, 15) is 19.5 Å². The number of rotatable bonds is 7. The van der Waals surface area contributed by atoms with E-state index in [0.29, 0.717) is 76.1 Å². The van der Waals surface area contributed by atoms with Gasteiger partial charge >= 0.3 is 5.97 Å². The molecule has 0 bridgehead atoms. The summed E-state index contributed by atoms with van der Waals surface area (Å²) in [4.78, 5) is 40.4. The minimum absolute atomic E-state index is 0.0341. The van der Waals surface area contributed by atoms with Crippen LogP contribution in [0.3, 0.4) is 0 Å². The molecular formula is C29H26Cl3NO5. The summed E-state index contributed by atoms with van der Waals surface area (Å²) >= 11 is 18.9. The Morgan fingerprint density at radius 1 is 0.895 bits per heavy atom. The van der Waals surface area contributed by atoms with Crippen LogP contribution in [0.2, 0.25) is 15.1 Å². The van der Waals surface area contributed by atoms with E-state index >= 15 is 0 Å². The number of carbonyl (C=O) groups is 3. The van der Waals surface area contributed by atoms with Crippen molar-refractivity contribution < 1.29 is 24.2 Å². The summed E-state index contributed by atoms with van der Waals surface area (Å²) in [5.41, 5.74) is 4.11. The smallest absolute Gasteiger partial charge is 0.305 e. The molecule has 0 fully saturated rings. The SMILES string of the molecule is O=C(O)CCN1C2=C(C(=O)CCC2)C(c2cc(Cl)ccc2OCc2ccc(Cl)cc2Cl)C2=C1CCCC2=O. The number of ketones is 2. The molecule has 2 aromatic rings. The van der Waals surface area contributed by atoms with Crippen LogP contribution in [-0.2, 0) is 21.0 Å². The number of halogens is 3. The zero-order valence-corrected chi connectivity index (χ0v) is 22.8. The maximum Gasteiger partial charge on any atom is 0.305 e. The van der Waals surface area contributed by atoms with Crippen LogP contribution in [0.15, 0.2) is 58.9 Å². The molecule has 3 aliphatic rings. The standard InChI is InChI=1S/C29H26Cl3NO5/c30-17-9-10-25(38-15-16-7-8-18(31)14-20(16)32)19(13-17)27-28-21(3-1-5-23(28)34)33(12-11-26(36)37)22-4-2-6-24(35)29(22)27/h7-10,13-14,27H,1-6,11-12,15H2,(H,36,37). The largest absolute Gasteiger partial charge is 0.489 e. The van der Waals surface area contributed by atoms with Crippen molar-refractivity contribution in [2.75, 3.05) is 6.54 Å². The maximum absolute atomic E-state index is 13.5. The molecule has 1 N–H and O–H groups in total. The number of hydrogen-bond donors (Lipinski definition) is 1. The zero-order chi connectivity index (χ0) is 27.0. The highest BCUT2D eigenvalue weighted by Crippen LogP contribution is 2.51. The minimum atomic E-state index is -0.924. The van der Waals surface area contributed by atoms with Crippen LogP contribution in [0.25, 0.3) is 0 Å². The van der Waals surface area contributed by atoms with Crippen LogP contribution in [-0.4, -0.2) is 34.1 Å². The molecule has 1 heterocycles. The third-order valence-corrected chi connectivity index (χ3v) is 8.14. The van der Waals surface area contributed by atoms with Gasteiger partial charge in [0.15, 0.2) is 11.6 Å². The van der Waals surface area contributed by atoms with E-state index in [1.54, 1.807) is 36.4 Å². The van der Waals surface area contributed by atoms with Gasteiger partial charge in [-0.1, -0.05) is 40.9 Å². The Balaban J connectivity index is 1.63. The second-order valence-electron chi connectivity index (χ2n) is 9.71. The van der Waals surface area contributed by atoms with E-state index < -0.39 is 11.9 Å². The average Bonchev–Trinajstić information content (AvgIpc) is 2.87. The molecule has 6 nitrogen and oxygen atoms in total. The maximum atomic E-state index is 13.5. The normalized spacial score (nSPS) is 18.0. The topological polar surface area (TPSA) is 83.9 Å². The van der Waals surface area contributed by atoms with Gasteiger partial charge in [0.1, 0.15) is 12.4 Å². The average molecular weight is 575 g/mol. The number of nitrogens with zero attached hydrogens (tertiary/aromatic N) is 1. The molecule has 0 saturated carbocycles. The van der Waals surface area contributed by atoms with Crippen molar-refractivity contribution in [3.63, 3.8) is 0 Å². The number of Topliss-reactive ketones (excluding diaryl/α,β-unsaturated/α-hetero) is 2. The lowest BCUT2D eigenvalue weighted by molar-refractivity contribution is -0.137. The fourth-order valence-corrected chi connectivity index (χ4v) is 6.32. The van der Waals surface area contributed by atoms with Gasteiger partial charge in [0.25, 0.3) is 0 Å². The Kier molecular flexibility index (Phi) is 7.85. The van der Waals surface area contributed by atoms with Crippen LogP contribution < -0.4 is 4.74 Å². The highest BCUT2D eigenvalue weighted by molar-refractivity contribution is 6.35. The summed E-state index contributed by atoms with van der Waals surface area (Å²) in [5, 5.41) is 10.8. The molecule has 38 heavy (non-hydrogen) atoms. The van der Waals surface area contributed by atoms with Gasteiger partial charge in [-0.25, -0.2) is 0 Å². The minimum Gasteiger partial charge on any atom is -0.489 e. The van der Waals surface area contributed by atoms with Crippen LogP contribution >= 0.6 is 34.8 Å². The molecule has 0 spiro atoms. The summed E-state index contributed by atoms with van der Waals surface area (Å²) in [6.07, 6.45) is 3.29. The molecule has 0 saturated heterocycles. The molecule has 0 radical (unpaired) electrons. The van der Waals surface area contributed by atoms with Gasteiger partial charge in [0, 0.05) is 74.0 Å². The summed E-state index contributed by atoms with van der Waals surface area (Å²) < 4.78 is 6.24. The summed E-state index contributed by atoms with van der Waals surface area (Å²) in [7, 11) is 0. The number of hydrogen-bond acceptors (Lipinski definition) is 5. The predicted molar refractivity (Wildman–Crippen MR) is 146 cm³/mol. The molecule has 0 unspecified atom stereocenters. The van der Waals surface area contributed by atoms with Gasteiger partial charge in [-0.15, -0.1) is 0 Å². The summed E-state index contributed by atoms with van der Waals surface area (Å²) in [6, 6.07) is 10.4. The van der Waals surface area contributed by atoms with Crippen LogP contribution in [0.4, 0.5) is 0 Å².